The molecule has 228 valence electrons. The molecule has 0 spiro atoms. The number of aromatic nitrogens is 5. The molecule has 2 fully saturated rings. The van der Waals surface area contributed by atoms with Crippen LogP contribution in [0.25, 0.3) is 5.69 Å². The molecule has 0 saturated carbocycles. The largest absolute Gasteiger partial charge is 0.496 e. The van der Waals surface area contributed by atoms with Gasteiger partial charge in [0, 0.05) is 30.9 Å². The summed E-state index contributed by atoms with van der Waals surface area (Å²) in [6, 6.07) is 19.5. The Labute approximate surface area is 255 Å². The second-order valence-electron chi connectivity index (χ2n) is 11.6. The summed E-state index contributed by atoms with van der Waals surface area (Å²) >= 11 is 0. The zero-order valence-electron chi connectivity index (χ0n) is 24.7. The molecule has 0 bridgehead atoms. The summed E-state index contributed by atoms with van der Waals surface area (Å²) in [5.41, 5.74) is 4.03. The minimum Gasteiger partial charge on any atom is -0.496 e. The Morgan fingerprint density at radius 1 is 1.00 bits per heavy atom. The Balaban J connectivity index is 1.19. The number of tetrazole rings is 1. The monoisotopic (exact) mass is 596 g/mol. The SMILES string of the molecule is COc1ccc(-n2cnnn2)cc1C(=O)N1CCC(CCN2CCC(C(=O)NO)(c3cccnc3)CC2)(c2ccccc2)C1. The smallest absolute Gasteiger partial charge is 0.257 e. The molecule has 4 aromatic rings. The van der Waals surface area contributed by atoms with Crippen molar-refractivity contribution in [3.63, 3.8) is 0 Å². The van der Waals surface area contributed by atoms with Crippen LogP contribution >= 0.6 is 0 Å². The van der Waals surface area contributed by atoms with Gasteiger partial charge in [-0.1, -0.05) is 36.4 Å². The van der Waals surface area contributed by atoms with Gasteiger partial charge in [-0.3, -0.25) is 19.8 Å². The van der Waals surface area contributed by atoms with Crippen LogP contribution in [-0.2, 0) is 15.6 Å². The van der Waals surface area contributed by atoms with Crippen LogP contribution in [0.3, 0.4) is 0 Å². The molecule has 4 heterocycles. The zero-order chi connectivity index (χ0) is 30.6. The molecule has 1 unspecified atom stereocenters. The van der Waals surface area contributed by atoms with E-state index in [1.807, 2.05) is 34.6 Å². The van der Waals surface area contributed by atoms with Crippen LogP contribution in [0.5, 0.6) is 5.75 Å². The zero-order valence-corrected chi connectivity index (χ0v) is 24.7. The molecule has 44 heavy (non-hydrogen) atoms. The molecule has 12 heteroatoms. The summed E-state index contributed by atoms with van der Waals surface area (Å²) < 4.78 is 7.09. The lowest BCUT2D eigenvalue weighted by atomic mass is 9.72. The Bertz CT molecular complexity index is 1580. The highest BCUT2D eigenvalue weighted by molar-refractivity contribution is 5.98. The topological polar surface area (TPSA) is 139 Å². The summed E-state index contributed by atoms with van der Waals surface area (Å²) in [7, 11) is 1.56. The van der Waals surface area contributed by atoms with Crippen LogP contribution in [0, 0.1) is 0 Å². The second kappa shape index (κ2) is 12.5. The van der Waals surface area contributed by atoms with Crippen molar-refractivity contribution in [1.29, 1.82) is 0 Å². The predicted octanol–water partition coefficient (Wildman–Crippen LogP) is 2.78. The lowest BCUT2D eigenvalue weighted by Gasteiger charge is -2.41. The van der Waals surface area contributed by atoms with E-state index in [4.69, 9.17) is 4.74 Å². The van der Waals surface area contributed by atoms with E-state index in [0.29, 0.717) is 56.0 Å². The van der Waals surface area contributed by atoms with Gasteiger partial charge < -0.3 is 14.5 Å². The molecule has 0 radical (unpaired) electrons. The number of hydroxylamine groups is 1. The molecule has 6 rings (SSSR count). The standard InChI is InChI=1S/C32H36N8O4/c1-44-28-10-9-26(40-23-34-36-37-40)20-27(28)29(41)39-19-12-31(22-39,24-6-3-2-4-7-24)11-16-38-17-13-32(14-18-38,30(42)35-43)25-8-5-15-33-21-25/h2-10,15,20-21,23,43H,11-14,16-19,22H2,1H3,(H,35,42). The first-order valence-electron chi connectivity index (χ1n) is 14.8. The number of methoxy groups -OCH3 is 1. The highest BCUT2D eigenvalue weighted by Crippen LogP contribution is 2.41. The van der Waals surface area contributed by atoms with Crippen molar-refractivity contribution in [2.75, 3.05) is 39.8 Å². The van der Waals surface area contributed by atoms with Crippen molar-refractivity contribution in [2.45, 2.75) is 36.5 Å². The average Bonchev–Trinajstić information content (AvgIpc) is 3.79. The number of rotatable bonds is 9. The van der Waals surface area contributed by atoms with Crippen molar-refractivity contribution in [3.05, 3.63) is 96.1 Å². The minimum atomic E-state index is -0.816. The first kappa shape index (κ1) is 29.4. The molecular formula is C32H36N8O4. The molecule has 2 aromatic heterocycles. The molecule has 2 aromatic carbocycles. The number of piperidine rings is 1. The number of carbonyl (C=O) groups excluding carboxylic acids is 2. The van der Waals surface area contributed by atoms with Gasteiger partial charge in [0.1, 0.15) is 12.1 Å². The number of amides is 2. The van der Waals surface area contributed by atoms with Gasteiger partial charge in [-0.2, -0.15) is 0 Å². The maximum Gasteiger partial charge on any atom is 0.257 e. The molecule has 12 nitrogen and oxygen atoms in total. The summed E-state index contributed by atoms with van der Waals surface area (Å²) in [4.78, 5) is 35.4. The highest BCUT2D eigenvalue weighted by Gasteiger charge is 2.45. The lowest BCUT2D eigenvalue weighted by Crippen LogP contribution is -2.51. The van der Waals surface area contributed by atoms with Crippen LogP contribution in [-0.4, -0.2) is 91.8 Å². The predicted molar refractivity (Wildman–Crippen MR) is 160 cm³/mol. The van der Waals surface area contributed by atoms with Gasteiger partial charge in [0.05, 0.1) is 23.8 Å². The van der Waals surface area contributed by atoms with Gasteiger partial charge in [-0.25, -0.2) is 10.2 Å². The number of nitrogens with zero attached hydrogens (tertiary/aromatic N) is 7. The van der Waals surface area contributed by atoms with Crippen LogP contribution in [0.1, 0.15) is 47.2 Å². The van der Waals surface area contributed by atoms with Gasteiger partial charge in [0.15, 0.2) is 0 Å². The molecular weight excluding hydrogens is 560 g/mol. The quantitative estimate of drug-likeness (QED) is 0.221. The Hall–Kier alpha value is -4.68. The number of hydrogen-bond donors (Lipinski definition) is 2. The van der Waals surface area contributed by atoms with Gasteiger partial charge >= 0.3 is 0 Å². The van der Waals surface area contributed by atoms with E-state index >= 15 is 0 Å². The van der Waals surface area contributed by atoms with Crippen LogP contribution < -0.4 is 10.2 Å². The number of likely N-dealkylation sites (tertiary alicyclic amines) is 2. The van der Waals surface area contributed by atoms with Crippen LogP contribution in [0.2, 0.25) is 0 Å². The Morgan fingerprint density at radius 3 is 2.48 bits per heavy atom. The lowest BCUT2D eigenvalue weighted by molar-refractivity contribution is -0.137. The normalized spacial score (nSPS) is 19.9. The second-order valence-corrected chi connectivity index (χ2v) is 11.6. The summed E-state index contributed by atoms with van der Waals surface area (Å²) in [5.74, 6) is 0.0145. The Kier molecular flexibility index (Phi) is 8.36. The van der Waals surface area contributed by atoms with Gasteiger partial charge in [0.25, 0.3) is 11.8 Å². The highest BCUT2D eigenvalue weighted by atomic mass is 16.5. The summed E-state index contributed by atoms with van der Waals surface area (Å²) in [5, 5.41) is 20.9. The van der Waals surface area contributed by atoms with E-state index in [9.17, 15) is 14.8 Å². The summed E-state index contributed by atoms with van der Waals surface area (Å²) in [6.45, 7) is 3.42. The van der Waals surface area contributed by atoms with E-state index in [2.05, 4.69) is 49.7 Å². The maximum absolute atomic E-state index is 14.0. The number of hydrogen-bond acceptors (Lipinski definition) is 9. The van der Waals surface area contributed by atoms with Gasteiger partial charge in [-0.05, 0) is 91.1 Å². The third-order valence-electron chi connectivity index (χ3n) is 9.42. The van der Waals surface area contributed by atoms with E-state index in [0.717, 1.165) is 24.9 Å². The van der Waals surface area contributed by atoms with Crippen molar-refractivity contribution in [2.24, 2.45) is 0 Å². The molecule has 1 atom stereocenters. The number of benzene rings is 2. The molecule has 2 aliphatic heterocycles. The maximum atomic E-state index is 14.0. The molecule has 2 amide bonds. The first-order chi connectivity index (χ1) is 21.5. The third kappa shape index (κ3) is 5.53. The fourth-order valence-electron chi connectivity index (χ4n) is 6.81. The first-order valence-corrected chi connectivity index (χ1v) is 14.8. The fourth-order valence-corrected chi connectivity index (χ4v) is 6.81. The number of nitrogens with one attached hydrogen (secondary N) is 1. The van der Waals surface area contributed by atoms with Gasteiger partial charge in [-0.15, -0.1) is 5.10 Å². The van der Waals surface area contributed by atoms with Crippen molar-refractivity contribution in [1.82, 2.24) is 40.5 Å². The van der Waals surface area contributed by atoms with Crippen LogP contribution in [0.4, 0.5) is 0 Å². The minimum absolute atomic E-state index is 0.0937. The number of carbonyl (C=O) groups is 2. The van der Waals surface area contributed by atoms with E-state index in [-0.39, 0.29) is 11.3 Å². The van der Waals surface area contributed by atoms with E-state index in [1.165, 1.54) is 16.6 Å². The van der Waals surface area contributed by atoms with E-state index < -0.39 is 11.3 Å². The van der Waals surface area contributed by atoms with Crippen molar-refractivity contribution < 1.29 is 19.5 Å². The number of pyridine rings is 1. The molecule has 2 saturated heterocycles. The number of ether oxygens (including phenoxy) is 1. The Morgan fingerprint density at radius 2 is 1.80 bits per heavy atom. The van der Waals surface area contributed by atoms with Crippen molar-refractivity contribution in [3.8, 4) is 11.4 Å². The van der Waals surface area contributed by atoms with E-state index in [1.54, 1.807) is 31.6 Å². The van der Waals surface area contributed by atoms with Gasteiger partial charge in [0.2, 0.25) is 0 Å². The summed E-state index contributed by atoms with van der Waals surface area (Å²) in [6.07, 6.45) is 7.73. The molecule has 0 aliphatic carbocycles. The average molecular weight is 597 g/mol. The molecule has 2 aliphatic rings. The third-order valence-corrected chi connectivity index (χ3v) is 9.42. The molecule has 2 N–H and O–H groups in total. The van der Waals surface area contributed by atoms with Crippen molar-refractivity contribution >= 4 is 11.8 Å². The fraction of sp³-hybridized carbons (Fsp3) is 0.375. The van der Waals surface area contributed by atoms with Crippen LogP contribution in [0.15, 0.2) is 79.4 Å².